The van der Waals surface area contributed by atoms with Crippen molar-refractivity contribution in [2.75, 3.05) is 5.32 Å². The van der Waals surface area contributed by atoms with E-state index in [0.29, 0.717) is 22.6 Å². The second-order valence-corrected chi connectivity index (χ2v) is 8.96. The molecule has 4 rings (SSSR count). The zero-order chi connectivity index (χ0) is 26.0. The van der Waals surface area contributed by atoms with Gasteiger partial charge in [-0.05, 0) is 32.0 Å². The van der Waals surface area contributed by atoms with Gasteiger partial charge in [-0.2, -0.15) is 13.2 Å². The smallest absolute Gasteiger partial charge is 0.342 e. The van der Waals surface area contributed by atoms with Crippen molar-refractivity contribution >= 4 is 40.6 Å². The fourth-order valence-electron chi connectivity index (χ4n) is 3.25. The molecule has 4 aromatic rings. The van der Waals surface area contributed by atoms with Crippen LogP contribution in [0.25, 0.3) is 5.69 Å². The van der Waals surface area contributed by atoms with Gasteiger partial charge in [-0.1, -0.05) is 11.6 Å². The van der Waals surface area contributed by atoms with Gasteiger partial charge in [0.05, 0.1) is 34.7 Å². The number of alkyl halides is 3. The highest BCUT2D eigenvalue weighted by Crippen LogP contribution is 2.35. The maximum absolute atomic E-state index is 13.1. The summed E-state index contributed by atoms with van der Waals surface area (Å²) in [7, 11) is 0. The predicted molar refractivity (Wildman–Crippen MR) is 126 cm³/mol. The topological polar surface area (TPSA) is 115 Å². The van der Waals surface area contributed by atoms with E-state index in [1.54, 1.807) is 42.9 Å². The highest BCUT2D eigenvalue weighted by atomic mass is 35.5. The number of nitrogens with zero attached hydrogens (tertiary/aromatic N) is 5. The molecule has 0 fully saturated rings. The molecule has 0 saturated carbocycles. The highest BCUT2D eigenvalue weighted by molar-refractivity contribution is 7.13. The first-order valence-electron chi connectivity index (χ1n) is 10.3. The second-order valence-electron chi connectivity index (χ2n) is 7.49. The van der Waals surface area contributed by atoms with Gasteiger partial charge >= 0.3 is 6.18 Å². The van der Waals surface area contributed by atoms with Gasteiger partial charge in [0.25, 0.3) is 11.8 Å². The number of thiazole rings is 1. The van der Waals surface area contributed by atoms with Gasteiger partial charge in [-0.3, -0.25) is 19.1 Å². The molecule has 0 saturated heterocycles. The molecule has 0 aliphatic rings. The molecule has 36 heavy (non-hydrogen) atoms. The standard InChI is InChI=1S/C22H17ClF3N7O2S/c1-11(31-19(34)16-9-28-12(2)33(16)13-3-5-27-6-4-13)21-30-10-17(36-21)20(35)32-18-7-14(22(24,25)26)15(23)8-29-18/h3-11H,1-2H3,(H,31,34)(H,29,32,35). The number of hydrogen-bond acceptors (Lipinski definition) is 7. The number of hydrogen-bond donors (Lipinski definition) is 2. The Balaban J connectivity index is 1.46. The third-order valence-corrected chi connectivity index (χ3v) is 6.44. The van der Waals surface area contributed by atoms with E-state index in [4.69, 9.17) is 11.6 Å². The Labute approximate surface area is 211 Å². The van der Waals surface area contributed by atoms with Gasteiger partial charge < -0.3 is 10.6 Å². The lowest BCUT2D eigenvalue weighted by atomic mass is 10.2. The number of rotatable bonds is 6. The molecule has 0 aliphatic carbocycles. The molecule has 4 aromatic heterocycles. The van der Waals surface area contributed by atoms with E-state index >= 15 is 0 Å². The number of pyridine rings is 2. The van der Waals surface area contributed by atoms with Crippen LogP contribution in [-0.4, -0.2) is 36.3 Å². The molecular formula is C22H17ClF3N7O2S. The summed E-state index contributed by atoms with van der Waals surface area (Å²) < 4.78 is 40.8. The van der Waals surface area contributed by atoms with Crippen LogP contribution in [0.2, 0.25) is 5.02 Å². The normalized spacial score (nSPS) is 12.3. The average molecular weight is 536 g/mol. The van der Waals surface area contributed by atoms with Crippen molar-refractivity contribution in [2.24, 2.45) is 0 Å². The molecule has 2 amide bonds. The van der Waals surface area contributed by atoms with Gasteiger partial charge in [0, 0.05) is 18.6 Å². The number of imidazole rings is 1. The van der Waals surface area contributed by atoms with Crippen molar-refractivity contribution in [2.45, 2.75) is 26.1 Å². The summed E-state index contributed by atoms with van der Waals surface area (Å²) in [4.78, 5) is 41.7. The zero-order valence-corrected chi connectivity index (χ0v) is 20.2. The molecule has 4 heterocycles. The third kappa shape index (κ3) is 5.36. The molecule has 1 unspecified atom stereocenters. The lowest BCUT2D eigenvalue weighted by Gasteiger charge is -2.13. The van der Waals surface area contributed by atoms with E-state index in [9.17, 15) is 22.8 Å². The van der Waals surface area contributed by atoms with E-state index in [-0.39, 0.29) is 10.7 Å². The first-order valence-corrected chi connectivity index (χ1v) is 11.5. The Bertz CT molecular complexity index is 1420. The van der Waals surface area contributed by atoms with E-state index < -0.39 is 34.6 Å². The number of anilines is 1. The number of aromatic nitrogens is 5. The van der Waals surface area contributed by atoms with Crippen LogP contribution >= 0.6 is 22.9 Å². The largest absolute Gasteiger partial charge is 0.418 e. The minimum atomic E-state index is -4.70. The van der Waals surface area contributed by atoms with Gasteiger partial charge in [0.15, 0.2) is 0 Å². The number of carbonyl (C=O) groups excluding carboxylic acids is 2. The summed E-state index contributed by atoms with van der Waals surface area (Å²) >= 11 is 6.54. The van der Waals surface area contributed by atoms with Crippen LogP contribution < -0.4 is 10.6 Å². The monoisotopic (exact) mass is 535 g/mol. The first-order chi connectivity index (χ1) is 17.0. The van der Waals surface area contributed by atoms with Crippen molar-refractivity contribution in [1.82, 2.24) is 29.8 Å². The molecule has 0 aromatic carbocycles. The Morgan fingerprint density at radius 3 is 2.50 bits per heavy atom. The van der Waals surface area contributed by atoms with Gasteiger partial charge in [-0.15, -0.1) is 11.3 Å². The lowest BCUT2D eigenvalue weighted by molar-refractivity contribution is -0.137. The number of nitrogens with one attached hydrogen (secondary N) is 2. The fourth-order valence-corrected chi connectivity index (χ4v) is 4.28. The molecular weight excluding hydrogens is 519 g/mol. The Kier molecular flexibility index (Phi) is 7.04. The first kappa shape index (κ1) is 25.3. The van der Waals surface area contributed by atoms with E-state index in [1.165, 1.54) is 12.4 Å². The number of amides is 2. The molecule has 0 radical (unpaired) electrons. The molecule has 2 N–H and O–H groups in total. The zero-order valence-electron chi connectivity index (χ0n) is 18.7. The molecule has 186 valence electrons. The van der Waals surface area contributed by atoms with Crippen LogP contribution in [0, 0.1) is 6.92 Å². The van der Waals surface area contributed by atoms with E-state index in [2.05, 4.69) is 30.6 Å². The van der Waals surface area contributed by atoms with Crippen LogP contribution in [0.1, 0.15) is 49.5 Å². The van der Waals surface area contributed by atoms with Crippen LogP contribution in [0.5, 0.6) is 0 Å². The lowest BCUT2D eigenvalue weighted by Crippen LogP contribution is -2.28. The van der Waals surface area contributed by atoms with Crippen LogP contribution in [0.3, 0.4) is 0 Å². The van der Waals surface area contributed by atoms with E-state index in [0.717, 1.165) is 23.2 Å². The average Bonchev–Trinajstić information content (AvgIpc) is 3.47. The Morgan fingerprint density at radius 1 is 1.08 bits per heavy atom. The van der Waals surface area contributed by atoms with E-state index in [1.807, 2.05) is 0 Å². The molecule has 0 bridgehead atoms. The molecule has 0 spiro atoms. The summed E-state index contributed by atoms with van der Waals surface area (Å²) in [6, 6.07) is 3.57. The predicted octanol–water partition coefficient (Wildman–Crippen LogP) is 4.84. The van der Waals surface area contributed by atoms with Crippen molar-refractivity contribution < 1.29 is 22.8 Å². The summed E-state index contributed by atoms with van der Waals surface area (Å²) in [6.45, 7) is 3.45. The third-order valence-electron chi connectivity index (χ3n) is 4.96. The second kappa shape index (κ2) is 10.0. The van der Waals surface area contributed by atoms with Crippen molar-refractivity contribution in [3.05, 3.63) is 81.2 Å². The number of halogens is 4. The molecule has 14 heteroatoms. The van der Waals surface area contributed by atoms with Gasteiger partial charge in [-0.25, -0.2) is 15.0 Å². The molecule has 0 aliphatic heterocycles. The van der Waals surface area contributed by atoms with Crippen LogP contribution in [-0.2, 0) is 6.18 Å². The summed E-state index contributed by atoms with van der Waals surface area (Å²) in [5.74, 6) is -0.817. The van der Waals surface area contributed by atoms with Crippen molar-refractivity contribution in [1.29, 1.82) is 0 Å². The minimum Gasteiger partial charge on any atom is -0.342 e. The van der Waals surface area contributed by atoms with Crippen molar-refractivity contribution in [3.8, 4) is 5.69 Å². The summed E-state index contributed by atoms with van der Waals surface area (Å²) in [5, 5.41) is 4.96. The molecule has 9 nitrogen and oxygen atoms in total. The number of carbonyl (C=O) groups is 2. The van der Waals surface area contributed by atoms with Crippen molar-refractivity contribution in [3.63, 3.8) is 0 Å². The highest BCUT2D eigenvalue weighted by Gasteiger charge is 2.34. The summed E-state index contributed by atoms with van der Waals surface area (Å²) in [6.07, 6.45) is 2.04. The number of aryl methyl sites for hydroxylation is 1. The minimum absolute atomic E-state index is 0.120. The van der Waals surface area contributed by atoms with Gasteiger partial charge in [0.2, 0.25) is 0 Å². The summed E-state index contributed by atoms with van der Waals surface area (Å²) in [5.41, 5.74) is -0.0955. The fraction of sp³-hybridized carbons (Fsp3) is 0.182. The maximum atomic E-state index is 13.1. The SMILES string of the molecule is Cc1ncc(C(=O)NC(C)c2ncc(C(=O)Nc3cc(C(F)(F)F)c(Cl)cn3)s2)n1-c1ccncc1. The molecule has 1 atom stereocenters. The Hall–Kier alpha value is -3.84. The quantitative estimate of drug-likeness (QED) is 0.365. The van der Waals surface area contributed by atoms with Crippen LogP contribution in [0.4, 0.5) is 19.0 Å². The van der Waals surface area contributed by atoms with Crippen LogP contribution in [0.15, 0.2) is 49.2 Å². The van der Waals surface area contributed by atoms with Gasteiger partial charge in [0.1, 0.15) is 27.2 Å². The maximum Gasteiger partial charge on any atom is 0.418 e. The Morgan fingerprint density at radius 2 is 1.81 bits per heavy atom.